The van der Waals surface area contributed by atoms with Crippen molar-refractivity contribution >= 4 is 52.1 Å². The van der Waals surface area contributed by atoms with Gasteiger partial charge in [-0.1, -0.05) is 35.9 Å². The topological polar surface area (TPSA) is 38.7 Å². The average molecular weight is 410 g/mol. The Labute approximate surface area is 140 Å². The van der Waals surface area contributed by atoms with Crippen molar-refractivity contribution in [3.63, 3.8) is 0 Å². The van der Waals surface area contributed by atoms with Gasteiger partial charge < -0.3 is 4.74 Å². The van der Waals surface area contributed by atoms with E-state index in [1.807, 2.05) is 36.4 Å². The maximum atomic E-state index is 11.9. The summed E-state index contributed by atoms with van der Waals surface area (Å²) in [6.45, 7) is 0. The summed E-state index contributed by atoms with van der Waals surface area (Å²) >= 11 is 8.31. The van der Waals surface area contributed by atoms with Gasteiger partial charge in [0.05, 0.1) is 10.6 Å². The van der Waals surface area contributed by atoms with Crippen molar-refractivity contribution in [3.8, 4) is 0 Å². The van der Waals surface area contributed by atoms with Gasteiger partial charge in [0.15, 0.2) is 5.70 Å². The van der Waals surface area contributed by atoms with Crippen molar-refractivity contribution in [2.45, 2.75) is 0 Å². The Hall–Kier alpha value is -1.66. The molecule has 0 aliphatic carbocycles. The summed E-state index contributed by atoms with van der Waals surface area (Å²) < 4.78 is 6.32. The van der Waals surface area contributed by atoms with Gasteiger partial charge in [-0.2, -0.15) is 0 Å². The van der Waals surface area contributed by atoms with E-state index in [1.165, 1.54) is 0 Å². The van der Waals surface area contributed by atoms with E-state index in [0.717, 1.165) is 9.13 Å². The van der Waals surface area contributed by atoms with Crippen molar-refractivity contribution < 1.29 is 9.53 Å². The first kappa shape index (κ1) is 14.3. The molecule has 0 saturated carbocycles. The third kappa shape index (κ3) is 3.16. The van der Waals surface area contributed by atoms with Gasteiger partial charge in [-0.25, -0.2) is 9.79 Å². The number of nitrogens with zero attached hydrogens (tertiary/aromatic N) is 1. The van der Waals surface area contributed by atoms with Gasteiger partial charge in [0, 0.05) is 3.57 Å². The van der Waals surface area contributed by atoms with E-state index in [-0.39, 0.29) is 11.6 Å². The molecule has 0 unspecified atom stereocenters. The van der Waals surface area contributed by atoms with Crippen LogP contribution in [-0.4, -0.2) is 11.9 Å². The van der Waals surface area contributed by atoms with Gasteiger partial charge in [0.1, 0.15) is 0 Å². The van der Waals surface area contributed by atoms with Crippen LogP contribution in [0.2, 0.25) is 5.02 Å². The molecule has 1 heterocycles. The Morgan fingerprint density at radius 2 is 1.81 bits per heavy atom. The molecule has 0 atom stereocenters. The highest BCUT2D eigenvalue weighted by Crippen LogP contribution is 2.23. The summed E-state index contributed by atoms with van der Waals surface area (Å²) in [4.78, 5) is 16.1. The molecule has 0 bridgehead atoms. The molecule has 0 aromatic heterocycles. The average Bonchev–Trinajstić information content (AvgIpc) is 2.83. The summed E-state index contributed by atoms with van der Waals surface area (Å²) in [6.07, 6.45) is 1.70. The van der Waals surface area contributed by atoms with E-state index in [1.54, 1.807) is 18.2 Å². The Bertz CT molecular complexity index is 766. The normalized spacial score (nSPS) is 16.0. The second-order valence-corrected chi connectivity index (χ2v) is 6.02. The first-order valence-corrected chi connectivity index (χ1v) is 7.62. The zero-order chi connectivity index (χ0) is 14.8. The highest BCUT2D eigenvalue weighted by atomic mass is 127. The van der Waals surface area contributed by atoms with Crippen LogP contribution >= 0.6 is 34.2 Å². The molecule has 2 aromatic rings. The largest absolute Gasteiger partial charge is 0.402 e. The smallest absolute Gasteiger partial charge is 0.363 e. The van der Waals surface area contributed by atoms with E-state index in [2.05, 4.69) is 27.6 Å². The lowest BCUT2D eigenvalue weighted by Gasteiger charge is -2.00. The lowest BCUT2D eigenvalue weighted by atomic mass is 10.2. The molecule has 2 aromatic carbocycles. The molecule has 1 aliphatic heterocycles. The van der Waals surface area contributed by atoms with Crippen LogP contribution in [0.5, 0.6) is 0 Å². The summed E-state index contributed by atoms with van der Waals surface area (Å²) in [5.74, 6) is -0.231. The maximum Gasteiger partial charge on any atom is 0.363 e. The molecule has 1 aliphatic rings. The number of hydrogen-bond donors (Lipinski definition) is 0. The predicted molar refractivity (Wildman–Crippen MR) is 91.2 cm³/mol. The maximum absolute atomic E-state index is 11.9. The van der Waals surface area contributed by atoms with Gasteiger partial charge in [-0.15, -0.1) is 0 Å². The number of esters is 1. The Balaban J connectivity index is 1.96. The minimum absolute atomic E-state index is 0.238. The van der Waals surface area contributed by atoms with Crippen molar-refractivity contribution in [1.82, 2.24) is 0 Å². The zero-order valence-corrected chi connectivity index (χ0v) is 13.6. The summed E-state index contributed by atoms with van der Waals surface area (Å²) in [7, 11) is 0. The lowest BCUT2D eigenvalue weighted by molar-refractivity contribution is -0.129. The number of carbonyl (C=O) groups excluding carboxylic acids is 1. The van der Waals surface area contributed by atoms with E-state index in [0.29, 0.717) is 10.6 Å². The van der Waals surface area contributed by atoms with Crippen molar-refractivity contribution in [2.75, 3.05) is 0 Å². The minimum Gasteiger partial charge on any atom is -0.402 e. The van der Waals surface area contributed by atoms with Gasteiger partial charge in [0.2, 0.25) is 5.90 Å². The van der Waals surface area contributed by atoms with Crippen molar-refractivity contribution in [1.29, 1.82) is 0 Å². The summed E-state index contributed by atoms with van der Waals surface area (Å²) in [5, 5.41) is 0.500. The summed E-state index contributed by atoms with van der Waals surface area (Å²) in [5.41, 5.74) is 1.77. The lowest BCUT2D eigenvalue weighted by Crippen LogP contribution is -2.05. The third-order valence-corrected chi connectivity index (χ3v) is 3.95. The third-order valence-electron chi connectivity index (χ3n) is 2.90. The second-order valence-electron chi connectivity index (χ2n) is 4.37. The van der Waals surface area contributed by atoms with Crippen molar-refractivity contribution in [2.24, 2.45) is 4.99 Å². The number of halogens is 2. The van der Waals surface area contributed by atoms with Gasteiger partial charge in [0.25, 0.3) is 0 Å². The molecule has 0 radical (unpaired) electrons. The SMILES string of the molecule is O=C1OC(c2ccccc2Cl)=NC1=Cc1ccc(I)cc1. The summed E-state index contributed by atoms with van der Waals surface area (Å²) in [6, 6.07) is 14.9. The fourth-order valence-electron chi connectivity index (χ4n) is 1.88. The van der Waals surface area contributed by atoms with E-state index in [4.69, 9.17) is 16.3 Å². The zero-order valence-electron chi connectivity index (χ0n) is 10.7. The quantitative estimate of drug-likeness (QED) is 0.422. The molecule has 5 heteroatoms. The number of aliphatic imine (C=N–C) groups is 1. The van der Waals surface area contributed by atoms with Gasteiger partial charge in [-0.05, 0) is 58.5 Å². The van der Waals surface area contributed by atoms with E-state index >= 15 is 0 Å². The van der Waals surface area contributed by atoms with Gasteiger partial charge in [-0.3, -0.25) is 0 Å². The fraction of sp³-hybridized carbons (Fsp3) is 0. The fourth-order valence-corrected chi connectivity index (χ4v) is 2.45. The highest BCUT2D eigenvalue weighted by molar-refractivity contribution is 14.1. The molecule has 3 nitrogen and oxygen atoms in total. The molecule has 0 fully saturated rings. The molecular formula is C16H9ClINO2. The van der Waals surface area contributed by atoms with Crippen LogP contribution in [0.15, 0.2) is 59.2 Å². The highest BCUT2D eigenvalue weighted by Gasteiger charge is 2.25. The van der Waals surface area contributed by atoms with E-state index < -0.39 is 5.97 Å². The van der Waals surface area contributed by atoms with Crippen molar-refractivity contribution in [3.05, 3.63) is 73.9 Å². The molecule has 21 heavy (non-hydrogen) atoms. The van der Waals surface area contributed by atoms with Crippen LogP contribution < -0.4 is 0 Å². The van der Waals surface area contributed by atoms with Gasteiger partial charge >= 0.3 is 5.97 Å². The predicted octanol–water partition coefficient (Wildman–Crippen LogP) is 4.29. The molecule has 104 valence electrons. The number of rotatable bonds is 2. The standard InChI is InChI=1S/C16H9ClINO2/c17-13-4-2-1-3-12(13)15-19-14(16(20)21-15)9-10-5-7-11(18)8-6-10/h1-9H. The van der Waals surface area contributed by atoms with Crippen LogP contribution in [0.3, 0.4) is 0 Å². The number of carbonyl (C=O) groups is 1. The number of benzene rings is 2. The van der Waals surface area contributed by atoms with Crippen LogP contribution in [0.4, 0.5) is 0 Å². The molecule has 0 saturated heterocycles. The Morgan fingerprint density at radius 1 is 1.10 bits per heavy atom. The number of cyclic esters (lactones) is 1. The van der Waals surface area contributed by atoms with Crippen LogP contribution in [0.1, 0.15) is 11.1 Å². The molecule has 0 amide bonds. The Kier molecular flexibility index (Phi) is 4.07. The molecular weight excluding hydrogens is 401 g/mol. The molecule has 3 rings (SSSR count). The minimum atomic E-state index is -0.469. The first-order chi connectivity index (χ1) is 10.1. The van der Waals surface area contributed by atoms with Crippen LogP contribution in [0.25, 0.3) is 6.08 Å². The van der Waals surface area contributed by atoms with Crippen LogP contribution in [0, 0.1) is 3.57 Å². The number of hydrogen-bond acceptors (Lipinski definition) is 3. The monoisotopic (exact) mass is 409 g/mol. The molecule has 0 spiro atoms. The second kappa shape index (κ2) is 5.99. The van der Waals surface area contributed by atoms with Crippen LogP contribution in [-0.2, 0) is 9.53 Å². The first-order valence-electron chi connectivity index (χ1n) is 6.16. The van der Waals surface area contributed by atoms with E-state index in [9.17, 15) is 4.79 Å². The Morgan fingerprint density at radius 3 is 2.52 bits per heavy atom. The number of ether oxygens (including phenoxy) is 1. The molecule has 0 N–H and O–H groups in total.